The van der Waals surface area contributed by atoms with Gasteiger partial charge in [0, 0.05) is 12.3 Å². The number of aromatic nitrogens is 4. The molecule has 2 aromatic heterocycles. The molecule has 28 heavy (non-hydrogen) atoms. The zero-order valence-corrected chi connectivity index (χ0v) is 15.0. The van der Waals surface area contributed by atoms with Crippen molar-refractivity contribution in [3.63, 3.8) is 0 Å². The highest BCUT2D eigenvalue weighted by Gasteiger charge is 2.37. The van der Waals surface area contributed by atoms with E-state index in [-0.39, 0.29) is 24.0 Å². The third kappa shape index (κ3) is 3.83. The summed E-state index contributed by atoms with van der Waals surface area (Å²) in [5.41, 5.74) is -0.0786. The topological polar surface area (TPSA) is 73.8 Å². The predicted molar refractivity (Wildman–Crippen MR) is 92.9 cm³/mol. The van der Waals surface area contributed by atoms with Gasteiger partial charge in [-0.1, -0.05) is 29.4 Å². The predicted octanol–water partition coefficient (Wildman–Crippen LogP) is 3.47. The van der Waals surface area contributed by atoms with Crippen molar-refractivity contribution in [2.45, 2.75) is 44.8 Å². The molecule has 0 N–H and O–H groups in total. The Kier molecular flexibility index (Phi) is 4.52. The average molecular weight is 390 g/mol. The van der Waals surface area contributed by atoms with Gasteiger partial charge in [-0.2, -0.15) is 23.3 Å². The quantitative estimate of drug-likeness (QED) is 0.667. The number of nitrogens with zero attached hydrogens (tertiary/aromatic N) is 4. The number of hydrogen-bond donors (Lipinski definition) is 0. The highest BCUT2D eigenvalue weighted by atomic mass is 19.4. The lowest BCUT2D eigenvalue weighted by molar-refractivity contribution is -0.139. The van der Waals surface area contributed by atoms with Crippen molar-refractivity contribution in [2.24, 2.45) is 0 Å². The molecule has 4 rings (SSSR count). The molecule has 1 saturated carbocycles. The summed E-state index contributed by atoms with van der Waals surface area (Å²) in [6.45, 7) is 1.66. The number of alkyl halides is 3. The third-order valence-corrected chi connectivity index (χ3v) is 4.70. The van der Waals surface area contributed by atoms with Crippen LogP contribution in [-0.2, 0) is 19.1 Å². The minimum absolute atomic E-state index is 0.0350. The molecule has 1 aromatic carbocycles. The monoisotopic (exact) mass is 390 g/mol. The third-order valence-electron chi connectivity index (χ3n) is 4.70. The fourth-order valence-corrected chi connectivity index (χ4v) is 2.98. The van der Waals surface area contributed by atoms with E-state index in [0.717, 1.165) is 34.7 Å². The first-order valence-electron chi connectivity index (χ1n) is 8.86. The van der Waals surface area contributed by atoms with Crippen LogP contribution in [-0.4, -0.2) is 19.9 Å². The molecule has 0 aliphatic heterocycles. The number of halogens is 3. The van der Waals surface area contributed by atoms with E-state index in [0.29, 0.717) is 12.2 Å². The zero-order valence-electron chi connectivity index (χ0n) is 15.0. The second-order valence-electron chi connectivity index (χ2n) is 6.93. The summed E-state index contributed by atoms with van der Waals surface area (Å²) in [5, 5.41) is 7.96. The first-order valence-corrected chi connectivity index (χ1v) is 8.86. The van der Waals surface area contributed by atoms with Crippen LogP contribution in [0.2, 0.25) is 0 Å². The molecule has 6 nitrogen and oxygen atoms in total. The van der Waals surface area contributed by atoms with Crippen molar-refractivity contribution in [1.29, 1.82) is 0 Å². The molecule has 0 unspecified atom stereocenters. The number of aryl methyl sites for hydroxylation is 1. The fraction of sp³-hybridized carbons (Fsp3) is 0.368. The van der Waals surface area contributed by atoms with Gasteiger partial charge in [-0.3, -0.25) is 4.79 Å². The summed E-state index contributed by atoms with van der Waals surface area (Å²) in [6, 6.07) is 8.57. The van der Waals surface area contributed by atoms with E-state index in [1.165, 1.54) is 0 Å². The summed E-state index contributed by atoms with van der Waals surface area (Å²) in [6.07, 6.45) is -2.78. The Balaban J connectivity index is 1.61. The SMILES string of the molecule is Cc1ccccc1Cc1noc(Cn2nc(C3CC3)cc(C(F)(F)F)c2=O)n1. The lowest BCUT2D eigenvalue weighted by Crippen LogP contribution is -2.31. The molecule has 1 aliphatic rings. The van der Waals surface area contributed by atoms with Crippen LogP contribution >= 0.6 is 0 Å². The molecule has 3 aromatic rings. The summed E-state index contributed by atoms with van der Waals surface area (Å²) >= 11 is 0. The van der Waals surface area contributed by atoms with Gasteiger partial charge in [0.1, 0.15) is 12.1 Å². The maximum Gasteiger partial charge on any atom is 0.421 e. The summed E-state index contributed by atoms with van der Waals surface area (Å²) < 4.78 is 45.6. The first-order chi connectivity index (χ1) is 13.3. The molecule has 146 valence electrons. The molecule has 1 aliphatic carbocycles. The maximum absolute atomic E-state index is 13.2. The van der Waals surface area contributed by atoms with Gasteiger partial charge >= 0.3 is 6.18 Å². The average Bonchev–Trinajstić information content (AvgIpc) is 3.39. The standard InChI is InChI=1S/C19H17F3N4O2/c1-11-4-2-3-5-13(11)8-16-23-17(28-25-16)10-26-18(27)14(19(20,21)22)9-15(24-26)12-6-7-12/h2-5,9,12H,6-8,10H2,1H3. The Bertz CT molecular complexity index is 1070. The van der Waals surface area contributed by atoms with E-state index < -0.39 is 17.3 Å². The number of benzene rings is 1. The molecule has 0 saturated heterocycles. The van der Waals surface area contributed by atoms with Crippen molar-refractivity contribution >= 4 is 0 Å². The van der Waals surface area contributed by atoms with Gasteiger partial charge in [0.05, 0.1) is 5.69 Å². The van der Waals surface area contributed by atoms with Crippen LogP contribution in [0.5, 0.6) is 0 Å². The molecule has 9 heteroatoms. The molecular weight excluding hydrogens is 373 g/mol. The van der Waals surface area contributed by atoms with E-state index in [9.17, 15) is 18.0 Å². The molecule has 2 heterocycles. The fourth-order valence-electron chi connectivity index (χ4n) is 2.98. The molecule has 0 amide bonds. The van der Waals surface area contributed by atoms with E-state index in [4.69, 9.17) is 4.52 Å². The van der Waals surface area contributed by atoms with Crippen molar-refractivity contribution in [3.05, 3.63) is 74.8 Å². The Morgan fingerprint density at radius 2 is 2.00 bits per heavy atom. The van der Waals surface area contributed by atoms with E-state index in [1.54, 1.807) is 0 Å². The lowest BCUT2D eigenvalue weighted by atomic mass is 10.1. The van der Waals surface area contributed by atoms with Crippen LogP contribution in [0.15, 0.2) is 39.6 Å². The Morgan fingerprint density at radius 3 is 2.68 bits per heavy atom. The van der Waals surface area contributed by atoms with Gasteiger partial charge in [0.2, 0.25) is 5.89 Å². The van der Waals surface area contributed by atoms with Gasteiger partial charge in [-0.15, -0.1) is 0 Å². The van der Waals surface area contributed by atoms with Gasteiger partial charge in [-0.05, 0) is 37.0 Å². The lowest BCUT2D eigenvalue weighted by Gasteiger charge is -2.11. The minimum Gasteiger partial charge on any atom is -0.337 e. The van der Waals surface area contributed by atoms with Crippen molar-refractivity contribution in [1.82, 2.24) is 19.9 Å². The van der Waals surface area contributed by atoms with Crippen molar-refractivity contribution in [2.75, 3.05) is 0 Å². The van der Waals surface area contributed by atoms with Crippen LogP contribution in [0.4, 0.5) is 13.2 Å². The summed E-state index contributed by atoms with van der Waals surface area (Å²) in [5.74, 6) is 0.401. The van der Waals surface area contributed by atoms with Crippen LogP contribution in [0.3, 0.4) is 0 Å². The van der Waals surface area contributed by atoms with Crippen LogP contribution < -0.4 is 5.56 Å². The Hall–Kier alpha value is -2.97. The molecule has 0 radical (unpaired) electrons. The maximum atomic E-state index is 13.2. The van der Waals surface area contributed by atoms with Gasteiger partial charge in [-0.25, -0.2) is 4.68 Å². The van der Waals surface area contributed by atoms with Crippen LogP contribution in [0.1, 0.15) is 52.9 Å². The van der Waals surface area contributed by atoms with Crippen molar-refractivity contribution in [3.8, 4) is 0 Å². The highest BCUT2D eigenvalue weighted by Crippen LogP contribution is 2.40. The normalized spacial score (nSPS) is 14.4. The van der Waals surface area contributed by atoms with Gasteiger partial charge < -0.3 is 4.52 Å². The van der Waals surface area contributed by atoms with Crippen LogP contribution in [0, 0.1) is 6.92 Å². The Morgan fingerprint density at radius 1 is 1.25 bits per heavy atom. The van der Waals surface area contributed by atoms with E-state index in [1.807, 2.05) is 31.2 Å². The largest absolute Gasteiger partial charge is 0.421 e. The minimum atomic E-state index is -4.74. The second kappa shape index (κ2) is 6.88. The van der Waals surface area contributed by atoms with Gasteiger partial charge in [0.15, 0.2) is 5.82 Å². The molecule has 0 atom stereocenters. The van der Waals surface area contributed by atoms with E-state index >= 15 is 0 Å². The van der Waals surface area contributed by atoms with E-state index in [2.05, 4.69) is 15.2 Å². The highest BCUT2D eigenvalue weighted by molar-refractivity contribution is 5.28. The second-order valence-corrected chi connectivity index (χ2v) is 6.93. The Labute approximate surface area is 158 Å². The molecule has 1 fully saturated rings. The van der Waals surface area contributed by atoms with Crippen molar-refractivity contribution < 1.29 is 17.7 Å². The molecule has 0 bridgehead atoms. The molecule has 0 spiro atoms. The van der Waals surface area contributed by atoms with Crippen LogP contribution in [0.25, 0.3) is 0 Å². The molecular formula is C19H17F3N4O2. The smallest absolute Gasteiger partial charge is 0.337 e. The number of rotatable bonds is 5. The summed E-state index contributed by atoms with van der Waals surface area (Å²) in [7, 11) is 0. The zero-order chi connectivity index (χ0) is 19.9. The summed E-state index contributed by atoms with van der Waals surface area (Å²) in [4.78, 5) is 16.5. The first kappa shape index (κ1) is 18.4. The number of hydrogen-bond acceptors (Lipinski definition) is 5. The van der Waals surface area contributed by atoms with Gasteiger partial charge in [0.25, 0.3) is 5.56 Å².